The third kappa shape index (κ3) is 6.08. The highest BCUT2D eigenvalue weighted by molar-refractivity contribution is 8.03. The Kier molecular flexibility index (Phi) is 8.85. The first-order valence-corrected chi connectivity index (χ1v) is 13.1. The summed E-state index contributed by atoms with van der Waals surface area (Å²) in [7, 11) is 0. The number of nitrogens with one attached hydrogen (secondary N) is 2. The number of thioether (sulfide) groups is 1. The summed E-state index contributed by atoms with van der Waals surface area (Å²) in [6, 6.07) is 23.9. The molecule has 6 nitrogen and oxygen atoms in total. The number of esters is 1. The van der Waals surface area contributed by atoms with Crippen LogP contribution < -0.4 is 10.6 Å². The molecule has 38 heavy (non-hydrogen) atoms. The van der Waals surface area contributed by atoms with Gasteiger partial charge < -0.3 is 15.4 Å². The Morgan fingerprint density at radius 1 is 1.08 bits per heavy atom. The van der Waals surface area contributed by atoms with Gasteiger partial charge in [-0.05, 0) is 48.4 Å². The fourth-order valence-electron chi connectivity index (χ4n) is 4.05. The van der Waals surface area contributed by atoms with E-state index >= 15 is 0 Å². The highest BCUT2D eigenvalue weighted by atomic mass is 35.5. The maximum absolute atomic E-state index is 13.3. The quantitative estimate of drug-likeness (QED) is 0.324. The van der Waals surface area contributed by atoms with Gasteiger partial charge in [0.2, 0.25) is 5.91 Å². The van der Waals surface area contributed by atoms with E-state index in [1.807, 2.05) is 30.3 Å². The van der Waals surface area contributed by atoms with E-state index in [0.29, 0.717) is 32.6 Å². The van der Waals surface area contributed by atoms with Crippen molar-refractivity contribution in [1.29, 1.82) is 5.26 Å². The summed E-state index contributed by atoms with van der Waals surface area (Å²) in [5, 5.41) is 17.0. The Morgan fingerprint density at radius 3 is 2.42 bits per heavy atom. The number of rotatable bonds is 8. The number of carbonyl (C=O) groups excluding carboxylic acids is 2. The number of dihydropyridines is 1. The lowest BCUT2D eigenvalue weighted by Crippen LogP contribution is -2.30. The van der Waals surface area contributed by atoms with E-state index in [1.54, 1.807) is 31.2 Å². The molecule has 9 heteroatoms. The van der Waals surface area contributed by atoms with Crippen LogP contribution in [0.1, 0.15) is 24.0 Å². The second kappa shape index (κ2) is 12.5. The lowest BCUT2D eigenvalue weighted by molar-refractivity contribution is -0.138. The number of anilines is 1. The number of carbonyl (C=O) groups is 2. The minimum Gasteiger partial charge on any atom is -0.463 e. The molecule has 0 aromatic heterocycles. The molecule has 0 aliphatic carbocycles. The molecular formula is C29H23ClFN3O3S. The normalized spacial score (nSPS) is 14.9. The van der Waals surface area contributed by atoms with Crippen molar-refractivity contribution in [3.63, 3.8) is 0 Å². The zero-order chi connectivity index (χ0) is 27.1. The molecule has 3 aromatic rings. The summed E-state index contributed by atoms with van der Waals surface area (Å²) in [5.41, 5.74) is 2.68. The van der Waals surface area contributed by atoms with Crippen LogP contribution >= 0.6 is 23.4 Å². The Morgan fingerprint density at radius 2 is 1.76 bits per heavy atom. The minimum absolute atomic E-state index is 0.0447. The third-order valence-corrected chi connectivity index (χ3v) is 7.06. The molecule has 1 heterocycles. The molecule has 1 atom stereocenters. The summed E-state index contributed by atoms with van der Waals surface area (Å²) in [6.07, 6.45) is 0. The number of benzene rings is 3. The van der Waals surface area contributed by atoms with E-state index in [1.165, 1.54) is 24.3 Å². The molecule has 0 fully saturated rings. The first kappa shape index (κ1) is 27.0. The Hall–Kier alpha value is -4.06. The Balaban J connectivity index is 1.76. The number of ether oxygens (including phenoxy) is 1. The molecule has 3 aromatic carbocycles. The number of amides is 1. The molecule has 0 spiro atoms. The smallest absolute Gasteiger partial charge is 0.337 e. The van der Waals surface area contributed by atoms with Gasteiger partial charge in [-0.15, -0.1) is 0 Å². The van der Waals surface area contributed by atoms with E-state index in [9.17, 15) is 19.2 Å². The van der Waals surface area contributed by atoms with E-state index in [-0.39, 0.29) is 29.4 Å². The number of allylic oxidation sites excluding steroid dienone is 1. The van der Waals surface area contributed by atoms with Crippen LogP contribution in [0.2, 0.25) is 5.02 Å². The van der Waals surface area contributed by atoms with E-state index in [0.717, 1.165) is 11.8 Å². The van der Waals surface area contributed by atoms with Crippen LogP contribution in [0.4, 0.5) is 10.1 Å². The highest BCUT2D eigenvalue weighted by Crippen LogP contribution is 2.45. The van der Waals surface area contributed by atoms with Gasteiger partial charge in [0, 0.05) is 10.7 Å². The zero-order valence-corrected chi connectivity index (χ0v) is 21.9. The summed E-state index contributed by atoms with van der Waals surface area (Å²) < 4.78 is 18.6. The van der Waals surface area contributed by atoms with Crippen molar-refractivity contribution in [3.05, 3.63) is 117 Å². The molecule has 0 radical (unpaired) electrons. The molecule has 1 aliphatic rings. The van der Waals surface area contributed by atoms with Crippen LogP contribution in [0.5, 0.6) is 0 Å². The van der Waals surface area contributed by atoms with Crippen LogP contribution in [-0.4, -0.2) is 24.2 Å². The standard InChI is InChI=1S/C29H23ClFN3O3S/c1-2-37-29(36)26-25(21-10-6-7-11-23(21)30)22(16-32)28(34-27(26)18-8-4-3-5-9-18)38-17-24(35)33-20-14-12-19(31)13-15-20/h3-15,25,34H,2,17H2,1H3,(H,33,35). The predicted molar refractivity (Wildman–Crippen MR) is 147 cm³/mol. The maximum atomic E-state index is 13.3. The average molecular weight is 548 g/mol. The van der Waals surface area contributed by atoms with Crippen LogP contribution in [0.3, 0.4) is 0 Å². The zero-order valence-electron chi connectivity index (χ0n) is 20.3. The van der Waals surface area contributed by atoms with E-state index < -0.39 is 17.7 Å². The molecule has 0 saturated heterocycles. The van der Waals surface area contributed by atoms with Gasteiger partial charge in [-0.25, -0.2) is 9.18 Å². The van der Waals surface area contributed by atoms with Gasteiger partial charge in [0.25, 0.3) is 0 Å². The van der Waals surface area contributed by atoms with Gasteiger partial charge >= 0.3 is 5.97 Å². The molecular weight excluding hydrogens is 525 g/mol. The number of hydrogen-bond acceptors (Lipinski definition) is 6. The molecule has 0 saturated carbocycles. The molecule has 4 rings (SSSR count). The summed E-state index contributed by atoms with van der Waals surface area (Å²) >= 11 is 7.69. The summed E-state index contributed by atoms with van der Waals surface area (Å²) in [5.74, 6) is -2.20. The number of nitrogens with zero attached hydrogens (tertiary/aromatic N) is 1. The van der Waals surface area contributed by atoms with Crippen molar-refractivity contribution >= 4 is 46.6 Å². The van der Waals surface area contributed by atoms with E-state index in [2.05, 4.69) is 16.7 Å². The van der Waals surface area contributed by atoms with Crippen LogP contribution in [0.25, 0.3) is 5.70 Å². The van der Waals surface area contributed by atoms with Gasteiger partial charge in [-0.3, -0.25) is 4.79 Å². The number of halogens is 2. The number of hydrogen-bond donors (Lipinski definition) is 2. The van der Waals surface area contributed by atoms with Crippen molar-refractivity contribution in [3.8, 4) is 6.07 Å². The Bertz CT molecular complexity index is 1450. The van der Waals surface area contributed by atoms with Crippen molar-refractivity contribution < 1.29 is 18.7 Å². The SMILES string of the molecule is CCOC(=O)C1=C(c2ccccc2)NC(SCC(=O)Nc2ccc(F)cc2)=C(C#N)C1c1ccccc1Cl. The Labute approximate surface area is 229 Å². The minimum atomic E-state index is -0.827. The van der Waals surface area contributed by atoms with Gasteiger partial charge in [0.1, 0.15) is 5.82 Å². The largest absolute Gasteiger partial charge is 0.463 e. The second-order valence-corrected chi connectivity index (χ2v) is 9.55. The lowest BCUT2D eigenvalue weighted by Gasteiger charge is -2.31. The molecule has 1 aliphatic heterocycles. The van der Waals surface area contributed by atoms with Gasteiger partial charge in [0.15, 0.2) is 0 Å². The van der Waals surface area contributed by atoms with Crippen molar-refractivity contribution in [2.75, 3.05) is 17.7 Å². The fourth-order valence-corrected chi connectivity index (χ4v) is 5.13. The molecule has 192 valence electrons. The fraction of sp³-hybridized carbons (Fsp3) is 0.138. The van der Waals surface area contributed by atoms with Crippen molar-refractivity contribution in [2.24, 2.45) is 0 Å². The first-order chi connectivity index (χ1) is 18.4. The summed E-state index contributed by atoms with van der Waals surface area (Å²) in [6.45, 7) is 1.86. The van der Waals surface area contributed by atoms with Crippen LogP contribution in [-0.2, 0) is 14.3 Å². The first-order valence-electron chi connectivity index (χ1n) is 11.7. The van der Waals surface area contributed by atoms with E-state index in [4.69, 9.17) is 16.3 Å². The molecule has 1 amide bonds. The van der Waals surface area contributed by atoms with Crippen LogP contribution in [0.15, 0.2) is 95.0 Å². The second-order valence-electron chi connectivity index (χ2n) is 8.15. The van der Waals surface area contributed by atoms with Crippen molar-refractivity contribution in [2.45, 2.75) is 12.8 Å². The van der Waals surface area contributed by atoms with Gasteiger partial charge in [-0.2, -0.15) is 5.26 Å². The highest BCUT2D eigenvalue weighted by Gasteiger charge is 2.38. The molecule has 2 N–H and O–H groups in total. The monoisotopic (exact) mass is 547 g/mol. The van der Waals surface area contributed by atoms with Crippen molar-refractivity contribution in [1.82, 2.24) is 5.32 Å². The van der Waals surface area contributed by atoms with Gasteiger partial charge in [0.05, 0.1) is 46.2 Å². The average Bonchev–Trinajstić information content (AvgIpc) is 2.93. The van der Waals surface area contributed by atoms with Crippen LogP contribution in [0, 0.1) is 17.1 Å². The van der Waals surface area contributed by atoms with Gasteiger partial charge in [-0.1, -0.05) is 71.9 Å². The summed E-state index contributed by atoms with van der Waals surface area (Å²) in [4.78, 5) is 26.0. The molecule has 1 unspecified atom stereocenters. The topological polar surface area (TPSA) is 91.2 Å². The molecule has 0 bridgehead atoms. The number of nitriles is 1. The predicted octanol–water partition coefficient (Wildman–Crippen LogP) is 6.25. The maximum Gasteiger partial charge on any atom is 0.337 e. The third-order valence-electron chi connectivity index (χ3n) is 5.70. The lowest BCUT2D eigenvalue weighted by atomic mass is 9.81.